The summed E-state index contributed by atoms with van der Waals surface area (Å²) in [4.78, 5) is 15.2. The van der Waals surface area contributed by atoms with Crippen LogP contribution in [0.25, 0.3) is 0 Å². The lowest BCUT2D eigenvalue weighted by atomic mass is 10.2. The molecular weight excluding hydrogens is 424 g/mol. The van der Waals surface area contributed by atoms with Crippen LogP contribution in [0.15, 0.2) is 46.9 Å². The number of rotatable bonds is 7. The zero-order valence-corrected chi connectivity index (χ0v) is 17.7. The van der Waals surface area contributed by atoms with E-state index in [1.54, 1.807) is 12.0 Å². The van der Waals surface area contributed by atoms with Crippen LogP contribution in [0.5, 0.6) is 17.2 Å². The highest BCUT2D eigenvalue weighted by Gasteiger charge is 2.30. The molecule has 7 heteroatoms. The number of carbonyl (C=O) groups is 1. The average Bonchev–Trinajstić information content (AvgIpc) is 3.16. The smallest absolute Gasteiger partial charge is 0.407 e. The summed E-state index contributed by atoms with van der Waals surface area (Å²) in [6, 6.07) is 13.4. The summed E-state index contributed by atoms with van der Waals surface area (Å²) in [7, 11) is 1.63. The van der Waals surface area contributed by atoms with Crippen molar-refractivity contribution >= 4 is 27.7 Å². The standard InChI is InChI=1S/C21H25BrN2O4/c1-3-23(14-16-5-4-12-24(16)21(25)26)19-11-6-15(22)13-20(19)28-18-9-7-17(27-2)8-10-18/h6-11,13,16H,3-5,12,14H2,1-2H3,(H,25,26)/t16-/m0/s1. The maximum Gasteiger partial charge on any atom is 0.407 e. The van der Waals surface area contributed by atoms with Crippen molar-refractivity contribution in [3.05, 3.63) is 46.9 Å². The Morgan fingerprint density at radius 3 is 2.61 bits per heavy atom. The van der Waals surface area contributed by atoms with Crippen LogP contribution in [0.3, 0.4) is 0 Å². The number of likely N-dealkylation sites (N-methyl/N-ethyl adjacent to an activating group) is 1. The summed E-state index contributed by atoms with van der Waals surface area (Å²) in [5, 5.41) is 9.43. The van der Waals surface area contributed by atoms with E-state index in [1.165, 1.54) is 0 Å². The van der Waals surface area contributed by atoms with Crippen LogP contribution in [0, 0.1) is 0 Å². The molecule has 0 unspecified atom stereocenters. The fraction of sp³-hybridized carbons (Fsp3) is 0.381. The normalized spacial score (nSPS) is 16.1. The Balaban J connectivity index is 1.83. The van der Waals surface area contributed by atoms with E-state index >= 15 is 0 Å². The number of hydrogen-bond acceptors (Lipinski definition) is 4. The van der Waals surface area contributed by atoms with Crippen molar-refractivity contribution in [1.82, 2.24) is 4.90 Å². The first-order valence-corrected chi connectivity index (χ1v) is 10.2. The lowest BCUT2D eigenvalue weighted by Crippen LogP contribution is -2.42. The van der Waals surface area contributed by atoms with Gasteiger partial charge in [0, 0.05) is 24.1 Å². The minimum atomic E-state index is -0.843. The van der Waals surface area contributed by atoms with Gasteiger partial charge in [0.15, 0.2) is 5.75 Å². The lowest BCUT2D eigenvalue weighted by molar-refractivity contribution is 0.141. The van der Waals surface area contributed by atoms with Gasteiger partial charge in [-0.2, -0.15) is 0 Å². The third-order valence-corrected chi connectivity index (χ3v) is 5.48. The molecular formula is C21H25BrN2O4. The molecule has 1 aliphatic heterocycles. The molecule has 0 aromatic heterocycles. The topological polar surface area (TPSA) is 62.2 Å². The van der Waals surface area contributed by atoms with E-state index < -0.39 is 6.09 Å². The molecule has 0 bridgehead atoms. The second-order valence-corrected chi connectivity index (χ2v) is 7.62. The molecule has 1 amide bonds. The summed E-state index contributed by atoms with van der Waals surface area (Å²) in [5.74, 6) is 2.21. The van der Waals surface area contributed by atoms with Gasteiger partial charge in [0.25, 0.3) is 0 Å². The molecule has 1 aliphatic rings. The molecule has 2 aromatic rings. The Hall–Kier alpha value is -2.41. The highest BCUT2D eigenvalue weighted by Crippen LogP contribution is 2.36. The largest absolute Gasteiger partial charge is 0.497 e. The van der Waals surface area contributed by atoms with Crippen molar-refractivity contribution in [1.29, 1.82) is 0 Å². The number of halogens is 1. The monoisotopic (exact) mass is 448 g/mol. The number of anilines is 1. The summed E-state index contributed by atoms with van der Waals surface area (Å²) in [6.45, 7) is 4.07. The number of methoxy groups -OCH3 is 1. The van der Waals surface area contributed by atoms with E-state index in [9.17, 15) is 9.90 Å². The van der Waals surface area contributed by atoms with Crippen molar-refractivity contribution < 1.29 is 19.4 Å². The Kier molecular flexibility index (Phi) is 6.67. The highest BCUT2D eigenvalue weighted by molar-refractivity contribution is 9.10. The number of likely N-dealkylation sites (tertiary alicyclic amines) is 1. The van der Waals surface area contributed by atoms with Gasteiger partial charge >= 0.3 is 6.09 Å². The quantitative estimate of drug-likeness (QED) is 0.628. The fourth-order valence-corrected chi connectivity index (χ4v) is 3.87. The molecule has 0 radical (unpaired) electrons. The Morgan fingerprint density at radius 1 is 1.25 bits per heavy atom. The van der Waals surface area contributed by atoms with Crippen LogP contribution in [0.2, 0.25) is 0 Å². The van der Waals surface area contributed by atoms with Gasteiger partial charge in [-0.25, -0.2) is 4.79 Å². The predicted octanol–water partition coefficient (Wildman–Crippen LogP) is 5.22. The van der Waals surface area contributed by atoms with Crippen molar-refractivity contribution in [2.24, 2.45) is 0 Å². The first-order valence-electron chi connectivity index (χ1n) is 9.37. The predicted molar refractivity (Wildman–Crippen MR) is 113 cm³/mol. The minimum absolute atomic E-state index is 0.00469. The first kappa shape index (κ1) is 20.3. The number of benzene rings is 2. The summed E-state index contributed by atoms with van der Waals surface area (Å²) >= 11 is 3.52. The van der Waals surface area contributed by atoms with Crippen molar-refractivity contribution in [3.8, 4) is 17.2 Å². The lowest BCUT2D eigenvalue weighted by Gasteiger charge is -2.31. The SMILES string of the molecule is CCN(C[C@@H]1CCCN1C(=O)O)c1ccc(Br)cc1Oc1ccc(OC)cc1. The Morgan fingerprint density at radius 2 is 1.96 bits per heavy atom. The third kappa shape index (κ3) is 4.70. The zero-order valence-electron chi connectivity index (χ0n) is 16.1. The summed E-state index contributed by atoms with van der Waals surface area (Å²) in [5.41, 5.74) is 0.943. The minimum Gasteiger partial charge on any atom is -0.497 e. The second kappa shape index (κ2) is 9.19. The van der Waals surface area contributed by atoms with Gasteiger partial charge in [0.2, 0.25) is 0 Å². The van der Waals surface area contributed by atoms with Gasteiger partial charge in [0.1, 0.15) is 11.5 Å². The summed E-state index contributed by atoms with van der Waals surface area (Å²) < 4.78 is 12.3. The molecule has 150 valence electrons. The second-order valence-electron chi connectivity index (χ2n) is 6.70. The van der Waals surface area contributed by atoms with Crippen LogP contribution < -0.4 is 14.4 Å². The number of amides is 1. The molecule has 1 atom stereocenters. The number of nitrogens with zero attached hydrogens (tertiary/aromatic N) is 2. The van der Waals surface area contributed by atoms with E-state index in [-0.39, 0.29) is 6.04 Å². The zero-order chi connectivity index (χ0) is 20.1. The van der Waals surface area contributed by atoms with Crippen LogP contribution in [0.4, 0.5) is 10.5 Å². The van der Waals surface area contributed by atoms with Crippen molar-refractivity contribution in [2.75, 3.05) is 31.6 Å². The van der Waals surface area contributed by atoms with Gasteiger partial charge < -0.3 is 24.4 Å². The van der Waals surface area contributed by atoms with Gasteiger partial charge in [-0.15, -0.1) is 0 Å². The van der Waals surface area contributed by atoms with Crippen molar-refractivity contribution in [3.63, 3.8) is 0 Å². The molecule has 3 rings (SSSR count). The van der Waals surface area contributed by atoms with Crippen LogP contribution in [-0.4, -0.2) is 48.9 Å². The molecule has 28 heavy (non-hydrogen) atoms. The Labute approximate surface area is 173 Å². The fourth-order valence-electron chi connectivity index (χ4n) is 3.53. The van der Waals surface area contributed by atoms with Gasteiger partial charge in [-0.1, -0.05) is 15.9 Å². The van der Waals surface area contributed by atoms with E-state index in [2.05, 4.69) is 27.8 Å². The van der Waals surface area contributed by atoms with E-state index in [0.717, 1.165) is 41.0 Å². The third-order valence-electron chi connectivity index (χ3n) is 4.99. The molecule has 2 aromatic carbocycles. The van der Waals surface area contributed by atoms with Gasteiger partial charge in [0.05, 0.1) is 18.8 Å². The maximum atomic E-state index is 11.5. The highest BCUT2D eigenvalue weighted by atomic mass is 79.9. The molecule has 1 heterocycles. The van der Waals surface area contributed by atoms with Crippen LogP contribution in [-0.2, 0) is 0 Å². The summed E-state index contributed by atoms with van der Waals surface area (Å²) in [6.07, 6.45) is 0.946. The molecule has 1 saturated heterocycles. The maximum absolute atomic E-state index is 11.5. The average molecular weight is 449 g/mol. The molecule has 0 spiro atoms. The number of hydrogen-bond donors (Lipinski definition) is 1. The molecule has 1 N–H and O–H groups in total. The van der Waals surface area contributed by atoms with E-state index in [0.29, 0.717) is 18.8 Å². The number of ether oxygens (including phenoxy) is 2. The molecule has 6 nitrogen and oxygen atoms in total. The molecule has 0 saturated carbocycles. The van der Waals surface area contributed by atoms with Crippen LogP contribution >= 0.6 is 15.9 Å². The van der Waals surface area contributed by atoms with Crippen LogP contribution in [0.1, 0.15) is 19.8 Å². The Bertz CT molecular complexity index is 813. The van der Waals surface area contributed by atoms with E-state index in [1.807, 2.05) is 42.5 Å². The molecule has 1 fully saturated rings. The first-order chi connectivity index (χ1) is 13.5. The molecule has 0 aliphatic carbocycles. The van der Waals surface area contributed by atoms with Crippen molar-refractivity contribution in [2.45, 2.75) is 25.8 Å². The van der Waals surface area contributed by atoms with Gasteiger partial charge in [-0.3, -0.25) is 0 Å². The number of carboxylic acid groups (broad SMARTS) is 1. The van der Waals surface area contributed by atoms with E-state index in [4.69, 9.17) is 9.47 Å². The van der Waals surface area contributed by atoms with Gasteiger partial charge in [-0.05, 0) is 62.2 Å².